The quantitative estimate of drug-likeness (QED) is 0.374. The summed E-state index contributed by atoms with van der Waals surface area (Å²) < 4.78 is 0. The largest absolute Gasteiger partial charge is 0.316 e. The van der Waals surface area contributed by atoms with Crippen LogP contribution in [0.3, 0.4) is 0 Å². The third-order valence-electron chi connectivity index (χ3n) is 8.84. The van der Waals surface area contributed by atoms with Crippen LogP contribution in [0.1, 0.15) is 78.4 Å². The van der Waals surface area contributed by atoms with Gasteiger partial charge in [-0.2, -0.15) is 0 Å². The molecule has 0 aliphatic carbocycles. The van der Waals surface area contributed by atoms with Gasteiger partial charge in [-0.25, -0.2) is 0 Å². The molecule has 0 spiro atoms. The molecule has 2 N–H and O–H groups in total. The summed E-state index contributed by atoms with van der Waals surface area (Å²) in [4.78, 5) is 0. The van der Waals surface area contributed by atoms with E-state index in [0.717, 1.165) is 11.3 Å². The van der Waals surface area contributed by atoms with Crippen LogP contribution in [0.2, 0.25) is 0 Å². The highest BCUT2D eigenvalue weighted by Crippen LogP contribution is 2.61. The molecule has 2 saturated heterocycles. The van der Waals surface area contributed by atoms with E-state index < -0.39 is 0 Å². The molecule has 0 bridgehead atoms. The lowest BCUT2D eigenvalue weighted by atomic mass is 9.61. The molecule has 4 heteroatoms. The summed E-state index contributed by atoms with van der Waals surface area (Å²) in [5, 5.41) is 7.50. The Balaban J connectivity index is 1.84. The van der Waals surface area contributed by atoms with Crippen LogP contribution >= 0.6 is 17.2 Å². The van der Waals surface area contributed by atoms with Crippen LogP contribution in [-0.2, 0) is 11.3 Å². The van der Waals surface area contributed by atoms with Gasteiger partial charge in [0.1, 0.15) is 0 Å². The summed E-state index contributed by atoms with van der Waals surface area (Å²) in [5.74, 6) is 0. The van der Waals surface area contributed by atoms with E-state index in [1.165, 1.54) is 69.2 Å². The van der Waals surface area contributed by atoms with Crippen molar-refractivity contribution in [2.24, 2.45) is 10.8 Å². The van der Waals surface area contributed by atoms with Gasteiger partial charge in [0.2, 0.25) is 0 Å². The lowest BCUT2D eigenvalue weighted by Crippen LogP contribution is -2.46. The molecule has 0 radical (unpaired) electrons. The molecule has 2 fully saturated rings. The second-order valence-electron chi connectivity index (χ2n) is 13.2. The van der Waals surface area contributed by atoms with E-state index in [1.54, 1.807) is 11.1 Å². The standard InChI is InChI=1S/C32H50N2P2/c1-30(2,3)32(35,31(4,5)6)29-17-16-25(24-12-8-7-9-13-24)20-26(29)23-36(27-14-10-18-33-21-27)28-15-11-19-34-22-28/h7-9,12-13,16-17,20,27-28,33-34H,10-11,14-15,18-19,21-23,35H2,1-6H3. The van der Waals surface area contributed by atoms with Gasteiger partial charge in [0.05, 0.1) is 0 Å². The zero-order valence-corrected chi connectivity index (χ0v) is 25.7. The molecule has 2 nitrogen and oxygen atoms in total. The Morgan fingerprint density at radius 3 is 1.81 bits per heavy atom. The van der Waals surface area contributed by atoms with E-state index in [-0.39, 0.29) is 23.9 Å². The van der Waals surface area contributed by atoms with Crippen LogP contribution in [0, 0.1) is 10.8 Å². The lowest BCUT2D eigenvalue weighted by molar-refractivity contribution is 0.139. The van der Waals surface area contributed by atoms with Gasteiger partial charge in [0, 0.05) is 18.2 Å². The maximum Gasteiger partial charge on any atom is 0.0196 e. The average Bonchev–Trinajstić information content (AvgIpc) is 2.87. The number of rotatable bonds is 6. The van der Waals surface area contributed by atoms with Crippen LogP contribution in [-0.4, -0.2) is 37.5 Å². The third kappa shape index (κ3) is 5.94. The molecule has 2 aromatic rings. The molecule has 0 saturated carbocycles. The second kappa shape index (κ2) is 11.5. The molecule has 36 heavy (non-hydrogen) atoms. The first-order valence-electron chi connectivity index (χ1n) is 14.2. The van der Waals surface area contributed by atoms with Crippen molar-refractivity contribution >= 4 is 17.2 Å². The number of hydrogen-bond acceptors (Lipinski definition) is 2. The monoisotopic (exact) mass is 524 g/mol. The van der Waals surface area contributed by atoms with Gasteiger partial charge in [0.15, 0.2) is 0 Å². The Bertz CT molecular complexity index is 945. The molecule has 2 heterocycles. The minimum atomic E-state index is -0.124. The van der Waals surface area contributed by atoms with Crippen molar-refractivity contribution in [1.29, 1.82) is 0 Å². The Kier molecular flexibility index (Phi) is 9.05. The maximum absolute atomic E-state index is 3.76. The van der Waals surface area contributed by atoms with Crippen molar-refractivity contribution in [1.82, 2.24) is 10.6 Å². The first-order valence-corrected chi connectivity index (χ1v) is 16.4. The molecule has 3 atom stereocenters. The maximum atomic E-state index is 3.76. The van der Waals surface area contributed by atoms with Gasteiger partial charge in [-0.05, 0) is 89.3 Å². The first-order chi connectivity index (χ1) is 17.0. The Labute approximate surface area is 225 Å². The second-order valence-corrected chi connectivity index (χ2v) is 16.9. The van der Waals surface area contributed by atoms with Crippen LogP contribution in [0.25, 0.3) is 11.1 Å². The molecular formula is C32H50N2P2. The van der Waals surface area contributed by atoms with Gasteiger partial charge in [-0.3, -0.25) is 0 Å². The number of hydrogen-bond donors (Lipinski definition) is 2. The SMILES string of the molecule is CC(C)(C)C(P)(c1ccc(-c2ccccc2)cc1CP(C1CCCNC1)C1CCCNC1)C(C)(C)C. The molecule has 2 aliphatic rings. The fourth-order valence-electron chi connectivity index (χ4n) is 6.84. The van der Waals surface area contributed by atoms with E-state index in [4.69, 9.17) is 0 Å². The summed E-state index contributed by atoms with van der Waals surface area (Å²) in [5.41, 5.74) is 7.72. The fraction of sp³-hybridized carbons (Fsp3) is 0.625. The van der Waals surface area contributed by atoms with E-state index in [1.807, 2.05) is 0 Å². The van der Waals surface area contributed by atoms with Crippen LogP contribution in [0.5, 0.6) is 0 Å². The smallest absolute Gasteiger partial charge is 0.0196 e. The third-order valence-corrected chi connectivity index (χ3v) is 14.3. The van der Waals surface area contributed by atoms with Gasteiger partial charge in [0.25, 0.3) is 0 Å². The van der Waals surface area contributed by atoms with Crippen molar-refractivity contribution in [2.75, 3.05) is 26.2 Å². The fourth-order valence-corrected chi connectivity index (χ4v) is 10.6. The summed E-state index contributed by atoms with van der Waals surface area (Å²) in [7, 11) is 3.26. The van der Waals surface area contributed by atoms with E-state index in [2.05, 4.69) is 110 Å². The normalized spacial score (nSPS) is 22.9. The highest BCUT2D eigenvalue weighted by atomic mass is 31.1. The zero-order valence-electron chi connectivity index (χ0n) is 23.7. The summed E-state index contributed by atoms with van der Waals surface area (Å²) >= 11 is 0. The molecule has 0 amide bonds. The van der Waals surface area contributed by atoms with Crippen molar-refractivity contribution in [3.05, 3.63) is 59.7 Å². The molecule has 4 rings (SSSR count). The van der Waals surface area contributed by atoms with Gasteiger partial charge >= 0.3 is 0 Å². The van der Waals surface area contributed by atoms with Crippen LogP contribution in [0.15, 0.2) is 48.5 Å². The minimum absolute atomic E-state index is 0.0266. The van der Waals surface area contributed by atoms with E-state index in [0.29, 0.717) is 0 Å². The Hall–Kier alpha value is -0.780. The molecule has 3 unspecified atom stereocenters. The highest BCUT2D eigenvalue weighted by Gasteiger charge is 2.49. The highest BCUT2D eigenvalue weighted by molar-refractivity contribution is 7.58. The first kappa shape index (κ1) is 28.2. The molecule has 198 valence electrons. The minimum Gasteiger partial charge on any atom is -0.316 e. The van der Waals surface area contributed by atoms with Crippen molar-refractivity contribution < 1.29 is 0 Å². The van der Waals surface area contributed by atoms with Gasteiger partial charge in [-0.15, -0.1) is 9.24 Å². The number of nitrogens with one attached hydrogen (secondary N) is 2. The number of piperidine rings is 2. The zero-order chi connectivity index (χ0) is 26.0. The molecular weight excluding hydrogens is 474 g/mol. The van der Waals surface area contributed by atoms with Crippen molar-refractivity contribution in [2.45, 2.75) is 89.9 Å². The summed E-state index contributed by atoms with van der Waals surface area (Å²) in [6.07, 6.45) is 6.70. The van der Waals surface area contributed by atoms with Crippen LogP contribution in [0.4, 0.5) is 0 Å². The van der Waals surface area contributed by atoms with E-state index >= 15 is 0 Å². The van der Waals surface area contributed by atoms with Crippen molar-refractivity contribution in [3.8, 4) is 11.1 Å². The molecule has 0 aromatic heterocycles. The predicted molar refractivity (Wildman–Crippen MR) is 165 cm³/mol. The van der Waals surface area contributed by atoms with Gasteiger partial charge < -0.3 is 10.6 Å². The molecule has 2 aliphatic heterocycles. The number of benzene rings is 2. The van der Waals surface area contributed by atoms with E-state index in [9.17, 15) is 0 Å². The average molecular weight is 525 g/mol. The topological polar surface area (TPSA) is 24.1 Å². The Morgan fingerprint density at radius 2 is 1.33 bits per heavy atom. The predicted octanol–water partition coefficient (Wildman–Crippen LogP) is 8.00. The summed E-state index contributed by atoms with van der Waals surface area (Å²) in [6, 6.07) is 18.4. The van der Waals surface area contributed by atoms with Crippen LogP contribution < -0.4 is 10.6 Å². The van der Waals surface area contributed by atoms with Crippen molar-refractivity contribution in [3.63, 3.8) is 0 Å². The van der Waals surface area contributed by atoms with Gasteiger partial charge in [-0.1, -0.05) is 98.0 Å². The molecule has 2 aromatic carbocycles. The summed E-state index contributed by atoms with van der Waals surface area (Å²) in [6.45, 7) is 19.4. The lowest BCUT2D eigenvalue weighted by Gasteiger charge is -2.53. The Morgan fingerprint density at radius 1 is 0.778 bits per heavy atom.